The fourth-order valence-electron chi connectivity index (χ4n) is 3.30. The molecule has 1 aromatic heterocycles. The Balaban J connectivity index is 1.62. The average Bonchev–Trinajstić information content (AvgIpc) is 3.10. The molecule has 0 aliphatic carbocycles. The van der Waals surface area contributed by atoms with Crippen LogP contribution in [0.25, 0.3) is 21.7 Å². The van der Waals surface area contributed by atoms with Crippen LogP contribution in [0.15, 0.2) is 65.3 Å². The number of furan rings is 1. The molecule has 1 atom stereocenters. The number of halogens is 2. The minimum atomic E-state index is -1.22. The van der Waals surface area contributed by atoms with Crippen molar-refractivity contribution in [3.8, 4) is 6.07 Å². The Hall–Kier alpha value is -3.72. The smallest absolute Gasteiger partial charge is 0.225 e. The molecule has 6 heteroatoms. The number of rotatable bonds is 4. The largest absolute Gasteiger partial charge is 0.464 e. The van der Waals surface area contributed by atoms with Crippen LogP contribution in [0.1, 0.15) is 17.2 Å². The highest BCUT2D eigenvalue weighted by atomic mass is 19.1. The van der Waals surface area contributed by atoms with Crippen LogP contribution in [-0.2, 0) is 11.2 Å². The third-order valence-corrected chi connectivity index (χ3v) is 4.60. The lowest BCUT2D eigenvalue weighted by Crippen LogP contribution is -2.29. The van der Waals surface area contributed by atoms with Crippen LogP contribution in [-0.4, -0.2) is 5.91 Å². The molecule has 0 radical (unpaired) electrons. The molecule has 0 aliphatic rings. The normalized spacial score (nSPS) is 12.0. The van der Waals surface area contributed by atoms with E-state index < -0.39 is 23.6 Å². The molecule has 138 valence electrons. The summed E-state index contributed by atoms with van der Waals surface area (Å²) in [5, 5.41) is 14.6. The van der Waals surface area contributed by atoms with Crippen LogP contribution in [0.2, 0.25) is 0 Å². The van der Waals surface area contributed by atoms with Crippen molar-refractivity contribution in [3.05, 3.63) is 83.6 Å². The number of nitriles is 1. The third-order valence-electron chi connectivity index (χ3n) is 4.60. The van der Waals surface area contributed by atoms with Crippen LogP contribution in [0, 0.1) is 23.0 Å². The Morgan fingerprint density at radius 3 is 2.75 bits per heavy atom. The standard InChI is InChI=1S/C22H14F2N2O2/c23-15-6-7-17(18(24)10-15)19(11-25)26-21(27)9-14-12-28-20-8-5-13-3-1-2-4-16(13)22(14)20/h1-8,10,12,19H,9H2,(H,26,27). The van der Waals surface area contributed by atoms with E-state index >= 15 is 0 Å². The molecule has 4 rings (SSSR count). The predicted molar refractivity (Wildman–Crippen MR) is 100 cm³/mol. The molecule has 4 nitrogen and oxygen atoms in total. The highest BCUT2D eigenvalue weighted by molar-refractivity contribution is 6.08. The molecule has 0 aliphatic heterocycles. The molecule has 1 N–H and O–H groups in total. The Labute approximate surface area is 159 Å². The van der Waals surface area contributed by atoms with Gasteiger partial charge in [-0.05, 0) is 22.9 Å². The molecule has 1 heterocycles. The molecule has 0 spiro atoms. The minimum absolute atomic E-state index is 0.0397. The second kappa shape index (κ2) is 7.12. The van der Waals surface area contributed by atoms with E-state index in [2.05, 4.69) is 5.32 Å². The zero-order valence-electron chi connectivity index (χ0n) is 14.6. The zero-order valence-corrected chi connectivity index (χ0v) is 14.6. The summed E-state index contributed by atoms with van der Waals surface area (Å²) in [5.41, 5.74) is 1.24. The molecule has 28 heavy (non-hydrogen) atoms. The van der Waals surface area contributed by atoms with Crippen molar-refractivity contribution >= 4 is 27.6 Å². The van der Waals surface area contributed by atoms with Crippen LogP contribution < -0.4 is 5.32 Å². The van der Waals surface area contributed by atoms with Gasteiger partial charge in [0.15, 0.2) is 0 Å². The van der Waals surface area contributed by atoms with E-state index in [1.54, 1.807) is 0 Å². The number of carbonyl (C=O) groups excluding carboxylic acids is 1. The van der Waals surface area contributed by atoms with Gasteiger partial charge in [0.2, 0.25) is 5.91 Å². The van der Waals surface area contributed by atoms with E-state index in [0.717, 1.165) is 28.3 Å². The van der Waals surface area contributed by atoms with E-state index in [1.807, 2.05) is 42.5 Å². The Bertz CT molecular complexity index is 1240. The first-order chi connectivity index (χ1) is 13.6. The molecule has 0 saturated carbocycles. The van der Waals surface area contributed by atoms with E-state index in [4.69, 9.17) is 4.42 Å². The van der Waals surface area contributed by atoms with Gasteiger partial charge in [-0.3, -0.25) is 4.79 Å². The van der Waals surface area contributed by atoms with Crippen molar-refractivity contribution in [2.24, 2.45) is 0 Å². The number of nitrogens with one attached hydrogen (secondary N) is 1. The Morgan fingerprint density at radius 2 is 1.96 bits per heavy atom. The van der Waals surface area contributed by atoms with Gasteiger partial charge in [-0.2, -0.15) is 5.26 Å². The van der Waals surface area contributed by atoms with Gasteiger partial charge < -0.3 is 9.73 Å². The number of benzene rings is 3. The number of hydrogen-bond acceptors (Lipinski definition) is 3. The topological polar surface area (TPSA) is 66.0 Å². The molecular formula is C22H14F2N2O2. The first kappa shape index (κ1) is 17.7. The number of nitrogens with zero attached hydrogens (tertiary/aromatic N) is 1. The lowest BCUT2D eigenvalue weighted by Gasteiger charge is -2.13. The number of hydrogen-bond donors (Lipinski definition) is 1. The summed E-state index contributed by atoms with van der Waals surface area (Å²) in [5.74, 6) is -2.10. The minimum Gasteiger partial charge on any atom is -0.464 e. The van der Waals surface area contributed by atoms with Crippen LogP contribution >= 0.6 is 0 Å². The van der Waals surface area contributed by atoms with E-state index in [1.165, 1.54) is 6.26 Å². The van der Waals surface area contributed by atoms with Crippen LogP contribution in [0.5, 0.6) is 0 Å². The van der Waals surface area contributed by atoms with E-state index in [-0.39, 0.29) is 12.0 Å². The highest BCUT2D eigenvalue weighted by Gasteiger charge is 2.20. The summed E-state index contributed by atoms with van der Waals surface area (Å²) < 4.78 is 32.6. The lowest BCUT2D eigenvalue weighted by molar-refractivity contribution is -0.120. The number of amides is 1. The second-order valence-electron chi connectivity index (χ2n) is 6.39. The van der Waals surface area contributed by atoms with Crippen LogP contribution in [0.3, 0.4) is 0 Å². The average molecular weight is 376 g/mol. The molecule has 1 unspecified atom stereocenters. The monoisotopic (exact) mass is 376 g/mol. The summed E-state index contributed by atoms with van der Waals surface area (Å²) in [6, 6.07) is 15.0. The maximum absolute atomic E-state index is 13.9. The van der Waals surface area contributed by atoms with E-state index in [9.17, 15) is 18.8 Å². The lowest BCUT2D eigenvalue weighted by atomic mass is 10.0. The SMILES string of the molecule is N#CC(NC(=O)Cc1coc2ccc3ccccc3c12)c1ccc(F)cc1F. The van der Waals surface area contributed by atoms with Crippen molar-refractivity contribution < 1.29 is 18.0 Å². The first-order valence-electron chi connectivity index (χ1n) is 8.58. The summed E-state index contributed by atoms with van der Waals surface area (Å²) in [6.07, 6.45) is 1.47. The molecule has 3 aromatic carbocycles. The van der Waals surface area contributed by atoms with Gasteiger partial charge in [0, 0.05) is 22.6 Å². The third kappa shape index (κ3) is 3.19. The maximum atomic E-state index is 13.9. The Morgan fingerprint density at radius 1 is 1.14 bits per heavy atom. The predicted octanol–water partition coefficient (Wildman–Crippen LogP) is 4.79. The van der Waals surface area contributed by atoms with Gasteiger partial charge in [0.1, 0.15) is 23.3 Å². The molecule has 1 amide bonds. The van der Waals surface area contributed by atoms with Gasteiger partial charge in [0.25, 0.3) is 0 Å². The van der Waals surface area contributed by atoms with Crippen molar-refractivity contribution in [1.29, 1.82) is 5.26 Å². The summed E-state index contributed by atoms with van der Waals surface area (Å²) in [6.45, 7) is 0. The fourth-order valence-corrected chi connectivity index (χ4v) is 3.30. The van der Waals surface area contributed by atoms with Crippen molar-refractivity contribution in [3.63, 3.8) is 0 Å². The van der Waals surface area contributed by atoms with Gasteiger partial charge in [0.05, 0.1) is 18.8 Å². The highest BCUT2D eigenvalue weighted by Crippen LogP contribution is 2.30. The maximum Gasteiger partial charge on any atom is 0.225 e. The molecule has 0 saturated heterocycles. The van der Waals surface area contributed by atoms with E-state index in [0.29, 0.717) is 17.2 Å². The van der Waals surface area contributed by atoms with Crippen molar-refractivity contribution in [1.82, 2.24) is 5.32 Å². The molecule has 0 fully saturated rings. The summed E-state index contributed by atoms with van der Waals surface area (Å²) in [7, 11) is 0. The Kier molecular flexibility index (Phi) is 4.50. The molecular weight excluding hydrogens is 362 g/mol. The summed E-state index contributed by atoms with van der Waals surface area (Å²) >= 11 is 0. The van der Waals surface area contributed by atoms with Gasteiger partial charge in [-0.15, -0.1) is 0 Å². The van der Waals surface area contributed by atoms with Gasteiger partial charge in [-0.25, -0.2) is 8.78 Å². The van der Waals surface area contributed by atoms with Crippen molar-refractivity contribution in [2.75, 3.05) is 0 Å². The number of fused-ring (bicyclic) bond motifs is 3. The van der Waals surface area contributed by atoms with Crippen LogP contribution in [0.4, 0.5) is 8.78 Å². The second-order valence-corrected chi connectivity index (χ2v) is 6.39. The molecule has 0 bridgehead atoms. The first-order valence-corrected chi connectivity index (χ1v) is 8.58. The van der Waals surface area contributed by atoms with Gasteiger partial charge in [-0.1, -0.05) is 36.4 Å². The zero-order chi connectivity index (χ0) is 19.7. The fraction of sp³-hybridized carbons (Fsp3) is 0.0909. The van der Waals surface area contributed by atoms with Gasteiger partial charge >= 0.3 is 0 Å². The van der Waals surface area contributed by atoms with Crippen molar-refractivity contribution in [2.45, 2.75) is 12.5 Å². The number of carbonyl (C=O) groups is 1. The quantitative estimate of drug-likeness (QED) is 0.557. The summed E-state index contributed by atoms with van der Waals surface area (Å²) in [4.78, 5) is 12.5. The molecule has 4 aromatic rings.